The molecule has 2 aromatic rings. The first kappa shape index (κ1) is 18.8. The van der Waals surface area contributed by atoms with E-state index in [9.17, 15) is 14.0 Å². The second kappa shape index (κ2) is 7.75. The average Bonchev–Trinajstić information content (AvgIpc) is 3.11. The first-order valence-corrected chi connectivity index (χ1v) is 8.60. The van der Waals surface area contributed by atoms with E-state index >= 15 is 0 Å². The molecule has 0 saturated carbocycles. The summed E-state index contributed by atoms with van der Waals surface area (Å²) in [4.78, 5) is 26.3. The minimum Gasteiger partial charge on any atom is -0.457 e. The van der Waals surface area contributed by atoms with Crippen LogP contribution < -0.4 is 10.5 Å². The maximum absolute atomic E-state index is 13.0. The molecule has 1 saturated heterocycles. The quantitative estimate of drug-likeness (QED) is 0.845. The maximum Gasteiger partial charge on any atom is 0.249 e. The number of carbonyl (C=O) groups is 2. The van der Waals surface area contributed by atoms with Crippen LogP contribution in [0, 0.1) is 5.82 Å². The lowest BCUT2D eigenvalue weighted by Crippen LogP contribution is -2.54. The highest BCUT2D eigenvalue weighted by Gasteiger charge is 2.49. The number of benzene rings is 2. The van der Waals surface area contributed by atoms with Crippen molar-refractivity contribution in [1.82, 2.24) is 4.90 Å². The third-order valence-electron chi connectivity index (χ3n) is 4.74. The Morgan fingerprint density at radius 1 is 1.11 bits per heavy atom. The lowest BCUT2D eigenvalue weighted by atomic mass is 9.86. The van der Waals surface area contributed by atoms with Crippen LogP contribution in [0.4, 0.5) is 4.39 Å². The highest BCUT2D eigenvalue weighted by molar-refractivity contribution is 5.92. The van der Waals surface area contributed by atoms with Gasteiger partial charge in [-0.1, -0.05) is 12.1 Å². The van der Waals surface area contributed by atoms with Crippen LogP contribution in [-0.2, 0) is 19.9 Å². The lowest BCUT2D eigenvalue weighted by molar-refractivity contribution is -0.146. The fourth-order valence-corrected chi connectivity index (χ4v) is 3.49. The number of likely N-dealkylation sites (tertiary alicyclic amines) is 1. The van der Waals surface area contributed by atoms with E-state index in [4.69, 9.17) is 15.2 Å². The third-order valence-corrected chi connectivity index (χ3v) is 4.74. The SMILES string of the molecule is COCC(=O)N1CCCC1(C(N)=O)c1ccc(Oc2ccc(F)cc2)cc1. The van der Waals surface area contributed by atoms with Crippen molar-refractivity contribution in [2.75, 3.05) is 20.3 Å². The number of hydrogen-bond donors (Lipinski definition) is 1. The van der Waals surface area contributed by atoms with Crippen LogP contribution in [0.15, 0.2) is 48.5 Å². The van der Waals surface area contributed by atoms with E-state index in [-0.39, 0.29) is 18.3 Å². The number of methoxy groups -OCH3 is 1. The molecular formula is C20H21FN2O4. The molecule has 1 atom stereocenters. The van der Waals surface area contributed by atoms with E-state index < -0.39 is 11.4 Å². The molecule has 0 radical (unpaired) electrons. The van der Waals surface area contributed by atoms with Gasteiger partial charge in [-0.2, -0.15) is 0 Å². The van der Waals surface area contributed by atoms with E-state index in [1.54, 1.807) is 24.3 Å². The molecule has 0 bridgehead atoms. The van der Waals surface area contributed by atoms with Gasteiger partial charge in [0.15, 0.2) is 0 Å². The van der Waals surface area contributed by atoms with Gasteiger partial charge in [0, 0.05) is 13.7 Å². The van der Waals surface area contributed by atoms with E-state index in [1.165, 1.54) is 36.3 Å². The van der Waals surface area contributed by atoms with Gasteiger partial charge >= 0.3 is 0 Å². The van der Waals surface area contributed by atoms with Crippen LogP contribution >= 0.6 is 0 Å². The first-order chi connectivity index (χ1) is 13.0. The summed E-state index contributed by atoms with van der Waals surface area (Å²) in [6.07, 6.45) is 1.13. The predicted octanol–water partition coefficient (Wildman–Crippen LogP) is 2.57. The number of rotatable bonds is 6. The van der Waals surface area contributed by atoms with Gasteiger partial charge in [0.05, 0.1) is 0 Å². The van der Waals surface area contributed by atoms with Crippen LogP contribution in [0.3, 0.4) is 0 Å². The number of nitrogens with two attached hydrogens (primary N) is 1. The fourth-order valence-electron chi connectivity index (χ4n) is 3.49. The monoisotopic (exact) mass is 372 g/mol. The van der Waals surface area contributed by atoms with Crippen molar-refractivity contribution in [3.8, 4) is 11.5 Å². The summed E-state index contributed by atoms with van der Waals surface area (Å²) in [5.74, 6) is -0.176. The summed E-state index contributed by atoms with van der Waals surface area (Å²) in [5.41, 5.74) is 5.16. The van der Waals surface area contributed by atoms with Crippen molar-refractivity contribution in [3.63, 3.8) is 0 Å². The Bertz CT molecular complexity index is 823. The Labute approximate surface area is 156 Å². The first-order valence-electron chi connectivity index (χ1n) is 8.60. The standard InChI is InChI=1S/C20H21FN2O4/c1-26-13-18(24)23-12-2-11-20(23,19(22)25)14-3-7-16(8-4-14)27-17-9-5-15(21)6-10-17/h3-10H,2,11-13H2,1H3,(H2,22,25). The normalized spacial score (nSPS) is 19.1. The maximum atomic E-state index is 13.0. The Kier molecular flexibility index (Phi) is 5.41. The number of ether oxygens (including phenoxy) is 2. The van der Waals surface area contributed by atoms with Gasteiger partial charge in [0.2, 0.25) is 11.8 Å². The zero-order chi connectivity index (χ0) is 19.4. The summed E-state index contributed by atoms with van der Waals surface area (Å²) in [5, 5.41) is 0. The molecule has 1 fully saturated rings. The molecule has 3 rings (SSSR count). The summed E-state index contributed by atoms with van der Waals surface area (Å²) >= 11 is 0. The smallest absolute Gasteiger partial charge is 0.249 e. The molecule has 2 N–H and O–H groups in total. The summed E-state index contributed by atoms with van der Waals surface area (Å²) in [7, 11) is 1.43. The molecule has 1 unspecified atom stereocenters. The number of primary amides is 1. The van der Waals surface area contributed by atoms with Crippen molar-refractivity contribution in [3.05, 3.63) is 59.9 Å². The highest BCUT2D eigenvalue weighted by Crippen LogP contribution is 2.39. The second-order valence-corrected chi connectivity index (χ2v) is 6.39. The predicted molar refractivity (Wildman–Crippen MR) is 96.6 cm³/mol. The van der Waals surface area contributed by atoms with Crippen LogP contribution in [0.2, 0.25) is 0 Å². The summed E-state index contributed by atoms with van der Waals surface area (Å²) < 4.78 is 23.6. The number of nitrogens with zero attached hydrogens (tertiary/aromatic N) is 1. The molecule has 27 heavy (non-hydrogen) atoms. The van der Waals surface area contributed by atoms with Crippen LogP contribution in [0.5, 0.6) is 11.5 Å². The Balaban J connectivity index is 1.87. The minimum atomic E-state index is -1.19. The van der Waals surface area contributed by atoms with Gasteiger partial charge in [-0.15, -0.1) is 0 Å². The summed E-state index contributed by atoms with van der Waals surface area (Å²) in [6, 6.07) is 12.5. The van der Waals surface area contributed by atoms with Gasteiger partial charge < -0.3 is 20.1 Å². The molecule has 0 aromatic heterocycles. The van der Waals surface area contributed by atoms with Crippen LogP contribution in [0.1, 0.15) is 18.4 Å². The van der Waals surface area contributed by atoms with Crippen LogP contribution in [-0.4, -0.2) is 37.0 Å². The zero-order valence-electron chi connectivity index (χ0n) is 15.0. The molecule has 6 nitrogen and oxygen atoms in total. The van der Waals surface area contributed by atoms with E-state index in [0.29, 0.717) is 36.4 Å². The van der Waals surface area contributed by atoms with Gasteiger partial charge in [-0.05, 0) is 54.8 Å². The molecule has 2 amide bonds. The van der Waals surface area contributed by atoms with Gasteiger partial charge in [0.1, 0.15) is 29.5 Å². The molecule has 1 heterocycles. The van der Waals surface area contributed by atoms with E-state index in [1.807, 2.05) is 0 Å². The number of halogens is 1. The minimum absolute atomic E-state index is 0.110. The molecule has 1 aliphatic rings. The lowest BCUT2D eigenvalue weighted by Gasteiger charge is -2.36. The molecular weight excluding hydrogens is 351 g/mol. The Morgan fingerprint density at radius 3 is 2.26 bits per heavy atom. The van der Waals surface area contributed by atoms with Gasteiger partial charge in [-0.3, -0.25) is 9.59 Å². The van der Waals surface area contributed by atoms with Crippen molar-refractivity contribution in [2.45, 2.75) is 18.4 Å². The average molecular weight is 372 g/mol. The number of hydrogen-bond acceptors (Lipinski definition) is 4. The number of amides is 2. The number of carbonyl (C=O) groups excluding carboxylic acids is 2. The molecule has 0 aliphatic carbocycles. The fraction of sp³-hybridized carbons (Fsp3) is 0.300. The Hall–Kier alpha value is -2.93. The van der Waals surface area contributed by atoms with Gasteiger partial charge in [0.25, 0.3) is 0 Å². The highest BCUT2D eigenvalue weighted by atomic mass is 19.1. The second-order valence-electron chi connectivity index (χ2n) is 6.39. The van der Waals surface area contributed by atoms with Crippen LogP contribution in [0.25, 0.3) is 0 Å². The molecule has 2 aromatic carbocycles. The van der Waals surface area contributed by atoms with Gasteiger partial charge in [-0.25, -0.2) is 4.39 Å². The van der Waals surface area contributed by atoms with Crippen molar-refractivity contribution in [1.29, 1.82) is 0 Å². The third kappa shape index (κ3) is 3.64. The zero-order valence-corrected chi connectivity index (χ0v) is 15.0. The summed E-state index contributed by atoms with van der Waals surface area (Å²) in [6.45, 7) is 0.333. The molecule has 1 aliphatic heterocycles. The van der Waals surface area contributed by atoms with Crippen molar-refractivity contribution >= 4 is 11.8 Å². The molecule has 142 valence electrons. The molecule has 7 heteroatoms. The topological polar surface area (TPSA) is 81.9 Å². The van der Waals surface area contributed by atoms with E-state index in [2.05, 4.69) is 0 Å². The largest absolute Gasteiger partial charge is 0.457 e. The molecule has 0 spiro atoms. The van der Waals surface area contributed by atoms with Crippen molar-refractivity contribution in [2.24, 2.45) is 5.73 Å². The van der Waals surface area contributed by atoms with E-state index in [0.717, 1.165) is 0 Å². The van der Waals surface area contributed by atoms with Crippen molar-refractivity contribution < 1.29 is 23.5 Å². The Morgan fingerprint density at radius 2 is 1.70 bits per heavy atom.